The molecule has 6 heteroatoms. The van der Waals surface area contributed by atoms with Gasteiger partial charge in [0, 0.05) is 5.92 Å². The molecule has 0 atom stereocenters. The number of methoxy groups -OCH3 is 1. The van der Waals surface area contributed by atoms with Crippen LogP contribution < -0.4 is 5.56 Å². The van der Waals surface area contributed by atoms with Gasteiger partial charge in [-0.05, 0) is 28.8 Å². The van der Waals surface area contributed by atoms with E-state index in [1.54, 1.807) is 0 Å². The van der Waals surface area contributed by atoms with Crippen molar-refractivity contribution in [3.05, 3.63) is 26.3 Å². The fourth-order valence-electron chi connectivity index (χ4n) is 1.30. The van der Waals surface area contributed by atoms with Crippen LogP contribution in [0.2, 0.25) is 0 Å². The quantitative estimate of drug-likeness (QED) is 0.822. The maximum absolute atomic E-state index is 11.5. The first-order chi connectivity index (χ1) is 7.13. The van der Waals surface area contributed by atoms with E-state index in [0.717, 1.165) is 12.8 Å². The monoisotopic (exact) mass is 272 g/mol. The number of rotatable bonds is 2. The molecular formula is C9H9BrN2O3. The number of ether oxygens (including phenoxy) is 1. The van der Waals surface area contributed by atoms with Gasteiger partial charge in [0.05, 0.1) is 12.8 Å². The predicted octanol–water partition coefficient (Wildman–Crippen LogP) is 1.20. The minimum Gasteiger partial charge on any atom is -0.463 e. The summed E-state index contributed by atoms with van der Waals surface area (Å²) in [5, 5.41) is 0. The summed E-state index contributed by atoms with van der Waals surface area (Å²) in [4.78, 5) is 29.1. The van der Waals surface area contributed by atoms with Crippen molar-refractivity contribution in [3.63, 3.8) is 0 Å². The Morgan fingerprint density at radius 3 is 2.80 bits per heavy atom. The van der Waals surface area contributed by atoms with E-state index in [1.165, 1.54) is 7.11 Å². The molecule has 1 fully saturated rings. The molecule has 15 heavy (non-hydrogen) atoms. The first-order valence-electron chi connectivity index (χ1n) is 4.51. The Bertz CT molecular complexity index is 465. The molecular weight excluding hydrogens is 264 g/mol. The molecule has 1 N–H and O–H groups in total. The first kappa shape index (κ1) is 10.4. The smallest absolute Gasteiger partial charge is 0.374 e. The summed E-state index contributed by atoms with van der Waals surface area (Å²) in [5.41, 5.74) is 0.312. The Kier molecular flexibility index (Phi) is 2.60. The fourth-order valence-corrected chi connectivity index (χ4v) is 1.81. The molecule has 5 nitrogen and oxygen atoms in total. The summed E-state index contributed by atoms with van der Waals surface area (Å²) in [6.45, 7) is 0. The van der Waals surface area contributed by atoms with Crippen LogP contribution in [0.5, 0.6) is 0 Å². The first-order valence-corrected chi connectivity index (χ1v) is 5.30. The molecule has 1 saturated carbocycles. The lowest BCUT2D eigenvalue weighted by atomic mass is 10.3. The van der Waals surface area contributed by atoms with Crippen molar-refractivity contribution >= 4 is 21.9 Å². The number of nitrogens with one attached hydrogen (secondary N) is 1. The van der Waals surface area contributed by atoms with Crippen LogP contribution >= 0.6 is 15.9 Å². The standard InChI is InChI=1S/C9H9BrN2O3/c1-15-9(14)7-11-6(4-2-3-4)5(10)8(13)12-7/h4H,2-3H2,1H3,(H,11,12,13). The Hall–Kier alpha value is -1.17. The summed E-state index contributed by atoms with van der Waals surface area (Å²) in [6, 6.07) is 0. The highest BCUT2D eigenvalue weighted by Gasteiger charge is 2.29. The number of hydrogen-bond acceptors (Lipinski definition) is 4. The van der Waals surface area contributed by atoms with Gasteiger partial charge in [-0.25, -0.2) is 9.78 Å². The second kappa shape index (κ2) is 3.77. The number of hydrogen-bond donors (Lipinski definition) is 1. The average Bonchev–Trinajstić information content (AvgIpc) is 3.04. The highest BCUT2D eigenvalue weighted by Crippen LogP contribution is 2.41. The van der Waals surface area contributed by atoms with Crippen LogP contribution in [0.3, 0.4) is 0 Å². The van der Waals surface area contributed by atoms with Crippen LogP contribution in [0.4, 0.5) is 0 Å². The van der Waals surface area contributed by atoms with Gasteiger partial charge in [0.15, 0.2) is 0 Å². The van der Waals surface area contributed by atoms with Gasteiger partial charge in [-0.15, -0.1) is 0 Å². The van der Waals surface area contributed by atoms with Crippen LogP contribution in [0.1, 0.15) is 35.1 Å². The highest BCUT2D eigenvalue weighted by molar-refractivity contribution is 9.10. The van der Waals surface area contributed by atoms with Crippen LogP contribution in [-0.2, 0) is 4.74 Å². The number of aromatic nitrogens is 2. The lowest BCUT2D eigenvalue weighted by Gasteiger charge is -2.03. The Morgan fingerprint density at radius 1 is 1.60 bits per heavy atom. The second-order valence-corrected chi connectivity index (χ2v) is 4.17. The largest absolute Gasteiger partial charge is 0.463 e. The zero-order valence-corrected chi connectivity index (χ0v) is 9.63. The van der Waals surface area contributed by atoms with E-state index < -0.39 is 5.97 Å². The third kappa shape index (κ3) is 1.94. The normalized spacial score (nSPS) is 15.1. The molecule has 0 unspecified atom stereocenters. The molecule has 0 amide bonds. The van der Waals surface area contributed by atoms with Crippen LogP contribution in [-0.4, -0.2) is 23.0 Å². The van der Waals surface area contributed by atoms with Crippen LogP contribution in [0.15, 0.2) is 9.27 Å². The van der Waals surface area contributed by atoms with Crippen molar-refractivity contribution in [3.8, 4) is 0 Å². The van der Waals surface area contributed by atoms with Crippen molar-refractivity contribution in [2.45, 2.75) is 18.8 Å². The van der Waals surface area contributed by atoms with Gasteiger partial charge >= 0.3 is 5.97 Å². The van der Waals surface area contributed by atoms with E-state index in [9.17, 15) is 9.59 Å². The molecule has 0 spiro atoms. The molecule has 0 bridgehead atoms. The molecule has 1 aromatic rings. The number of carbonyl (C=O) groups is 1. The third-order valence-corrected chi connectivity index (χ3v) is 3.00. The molecule has 1 aromatic heterocycles. The summed E-state index contributed by atoms with van der Waals surface area (Å²) in [6.07, 6.45) is 2.02. The highest BCUT2D eigenvalue weighted by atomic mass is 79.9. The summed E-state index contributed by atoms with van der Waals surface area (Å²) < 4.78 is 4.91. The molecule has 80 valence electrons. The van der Waals surface area contributed by atoms with Gasteiger partial charge in [0.25, 0.3) is 5.56 Å². The minimum atomic E-state index is -0.624. The zero-order valence-electron chi connectivity index (χ0n) is 8.04. The number of nitrogens with zero attached hydrogens (tertiary/aromatic N) is 1. The van der Waals surface area contributed by atoms with E-state index in [1.807, 2.05) is 0 Å². The molecule has 1 aliphatic carbocycles. The summed E-state index contributed by atoms with van der Waals surface area (Å²) >= 11 is 3.17. The number of aromatic amines is 1. The lowest BCUT2D eigenvalue weighted by molar-refractivity contribution is 0.0586. The van der Waals surface area contributed by atoms with E-state index in [4.69, 9.17) is 0 Å². The van der Waals surface area contributed by atoms with Gasteiger partial charge in [0.1, 0.15) is 4.47 Å². The predicted molar refractivity (Wildman–Crippen MR) is 55.9 cm³/mol. The number of H-pyrrole nitrogens is 1. The van der Waals surface area contributed by atoms with E-state index in [-0.39, 0.29) is 11.4 Å². The summed E-state index contributed by atoms with van der Waals surface area (Å²) in [7, 11) is 1.25. The SMILES string of the molecule is COC(=O)c1nc(C2CC2)c(Br)c(=O)[nH]1. The molecule has 0 aliphatic heterocycles. The van der Waals surface area contributed by atoms with Gasteiger partial charge in [-0.3, -0.25) is 9.78 Å². The van der Waals surface area contributed by atoms with Crippen molar-refractivity contribution in [2.75, 3.05) is 7.11 Å². The maximum Gasteiger partial charge on any atom is 0.374 e. The van der Waals surface area contributed by atoms with Crippen LogP contribution in [0, 0.1) is 0 Å². The van der Waals surface area contributed by atoms with Gasteiger partial charge in [0.2, 0.25) is 5.82 Å². The molecule has 0 saturated heterocycles. The molecule has 2 rings (SSSR count). The van der Waals surface area contributed by atoms with Gasteiger partial charge in [-0.1, -0.05) is 0 Å². The van der Waals surface area contributed by atoms with E-state index in [2.05, 4.69) is 30.6 Å². The van der Waals surface area contributed by atoms with Crippen LogP contribution in [0.25, 0.3) is 0 Å². The van der Waals surface area contributed by atoms with Crippen molar-refractivity contribution in [2.24, 2.45) is 0 Å². The Labute approximate surface area is 94.0 Å². The molecule has 0 radical (unpaired) electrons. The number of esters is 1. The van der Waals surface area contributed by atoms with Crippen molar-refractivity contribution in [1.29, 1.82) is 0 Å². The lowest BCUT2D eigenvalue weighted by Crippen LogP contribution is -2.19. The van der Waals surface area contributed by atoms with Crippen molar-refractivity contribution in [1.82, 2.24) is 9.97 Å². The molecule has 1 aliphatic rings. The van der Waals surface area contributed by atoms with Gasteiger partial charge < -0.3 is 4.74 Å². The fraction of sp³-hybridized carbons (Fsp3) is 0.444. The molecule has 1 heterocycles. The molecule has 0 aromatic carbocycles. The van der Waals surface area contributed by atoms with E-state index >= 15 is 0 Å². The minimum absolute atomic E-state index is 0.0346. The second-order valence-electron chi connectivity index (χ2n) is 3.38. The third-order valence-electron chi connectivity index (χ3n) is 2.23. The maximum atomic E-state index is 11.5. The number of halogens is 1. The topological polar surface area (TPSA) is 72.0 Å². The summed E-state index contributed by atoms with van der Waals surface area (Å²) in [5.74, 6) is -0.362. The number of carbonyl (C=O) groups excluding carboxylic acids is 1. The Morgan fingerprint density at radius 2 is 2.27 bits per heavy atom. The van der Waals surface area contributed by atoms with E-state index in [0.29, 0.717) is 16.1 Å². The Balaban J connectivity index is 2.50. The average molecular weight is 273 g/mol. The zero-order chi connectivity index (χ0) is 11.0. The van der Waals surface area contributed by atoms with Crippen molar-refractivity contribution < 1.29 is 9.53 Å². The van der Waals surface area contributed by atoms with Gasteiger partial charge in [-0.2, -0.15) is 0 Å².